The summed E-state index contributed by atoms with van der Waals surface area (Å²) in [4.78, 5) is 14.5. The molecule has 0 atom stereocenters. The predicted molar refractivity (Wildman–Crippen MR) is 51.1 cm³/mol. The van der Waals surface area contributed by atoms with Crippen LogP contribution in [0.1, 0.15) is 29.4 Å². The fourth-order valence-corrected chi connectivity index (χ4v) is 1.07. The van der Waals surface area contributed by atoms with Crippen molar-refractivity contribution in [1.82, 2.24) is 4.98 Å². The molecule has 14 heavy (non-hydrogen) atoms. The zero-order valence-electron chi connectivity index (χ0n) is 8.06. The van der Waals surface area contributed by atoms with Gasteiger partial charge in [0.05, 0.1) is 6.61 Å². The second-order valence-electron chi connectivity index (χ2n) is 2.87. The highest BCUT2D eigenvalue weighted by atomic mass is 16.5. The van der Waals surface area contributed by atoms with E-state index in [1.54, 1.807) is 12.1 Å². The molecule has 0 bridgehead atoms. The van der Waals surface area contributed by atoms with E-state index < -0.39 is 5.97 Å². The summed E-state index contributed by atoms with van der Waals surface area (Å²) >= 11 is 0. The van der Waals surface area contributed by atoms with E-state index in [2.05, 4.69) is 4.98 Å². The van der Waals surface area contributed by atoms with Gasteiger partial charge in [0, 0.05) is 18.4 Å². The number of ether oxygens (including phenoxy) is 1. The van der Waals surface area contributed by atoms with Crippen LogP contribution in [0.3, 0.4) is 0 Å². The average molecular weight is 195 g/mol. The van der Waals surface area contributed by atoms with Gasteiger partial charge in [-0.25, -0.2) is 9.78 Å². The summed E-state index contributed by atoms with van der Waals surface area (Å²) in [5.41, 5.74) is 0.692. The van der Waals surface area contributed by atoms with Crippen LogP contribution in [0.15, 0.2) is 18.3 Å². The molecule has 0 aliphatic heterocycles. The van der Waals surface area contributed by atoms with Gasteiger partial charge in [-0.2, -0.15) is 0 Å². The van der Waals surface area contributed by atoms with Gasteiger partial charge in [-0.1, -0.05) is 13.0 Å². The first-order valence-electron chi connectivity index (χ1n) is 4.50. The molecule has 1 aromatic rings. The molecule has 4 heteroatoms. The van der Waals surface area contributed by atoms with Crippen LogP contribution in [0.2, 0.25) is 0 Å². The molecule has 0 amide bonds. The molecule has 0 aliphatic carbocycles. The molecule has 0 fully saturated rings. The first-order valence-corrected chi connectivity index (χ1v) is 4.50. The van der Waals surface area contributed by atoms with Crippen molar-refractivity contribution in [2.45, 2.75) is 20.0 Å². The van der Waals surface area contributed by atoms with Crippen LogP contribution in [0.5, 0.6) is 0 Å². The van der Waals surface area contributed by atoms with Crippen molar-refractivity contribution in [3.8, 4) is 0 Å². The molecule has 4 nitrogen and oxygen atoms in total. The SMILES string of the molecule is CCCOCc1cccnc1C(=O)O. The number of rotatable bonds is 5. The zero-order valence-corrected chi connectivity index (χ0v) is 8.06. The lowest BCUT2D eigenvalue weighted by atomic mass is 10.2. The van der Waals surface area contributed by atoms with Crippen LogP contribution in [0.25, 0.3) is 0 Å². The third-order valence-electron chi connectivity index (χ3n) is 1.70. The van der Waals surface area contributed by atoms with Crippen LogP contribution >= 0.6 is 0 Å². The topological polar surface area (TPSA) is 59.4 Å². The second kappa shape index (κ2) is 5.34. The molecule has 0 aromatic carbocycles. The standard InChI is InChI=1S/C10H13NO3/c1-2-6-14-7-8-4-3-5-11-9(8)10(12)13/h3-5H,2,6-7H2,1H3,(H,12,13). The Balaban J connectivity index is 2.69. The van der Waals surface area contributed by atoms with Gasteiger partial charge in [-0.15, -0.1) is 0 Å². The lowest BCUT2D eigenvalue weighted by Crippen LogP contribution is -2.06. The van der Waals surface area contributed by atoms with Gasteiger partial charge in [0.25, 0.3) is 0 Å². The maximum absolute atomic E-state index is 10.7. The highest BCUT2D eigenvalue weighted by Gasteiger charge is 2.10. The minimum Gasteiger partial charge on any atom is -0.477 e. The summed E-state index contributed by atoms with van der Waals surface area (Å²) in [7, 11) is 0. The van der Waals surface area contributed by atoms with Crippen molar-refractivity contribution in [2.75, 3.05) is 6.61 Å². The number of pyridine rings is 1. The quantitative estimate of drug-likeness (QED) is 0.726. The van der Waals surface area contributed by atoms with Crippen molar-refractivity contribution in [3.05, 3.63) is 29.6 Å². The molecule has 0 unspecified atom stereocenters. The molecule has 1 N–H and O–H groups in total. The molecule has 0 radical (unpaired) electrons. The maximum Gasteiger partial charge on any atom is 0.354 e. The van der Waals surface area contributed by atoms with E-state index in [-0.39, 0.29) is 5.69 Å². The van der Waals surface area contributed by atoms with Crippen molar-refractivity contribution in [1.29, 1.82) is 0 Å². The van der Waals surface area contributed by atoms with Crippen molar-refractivity contribution < 1.29 is 14.6 Å². The fourth-order valence-electron chi connectivity index (χ4n) is 1.07. The molecule has 0 saturated heterocycles. The Labute approximate surface area is 82.5 Å². The third kappa shape index (κ3) is 2.81. The summed E-state index contributed by atoms with van der Waals surface area (Å²) in [5, 5.41) is 8.80. The van der Waals surface area contributed by atoms with Gasteiger partial charge >= 0.3 is 5.97 Å². The number of aromatic carboxylic acids is 1. The van der Waals surface area contributed by atoms with Gasteiger partial charge in [-0.05, 0) is 12.5 Å². The monoisotopic (exact) mass is 195 g/mol. The van der Waals surface area contributed by atoms with Crippen molar-refractivity contribution in [3.63, 3.8) is 0 Å². The van der Waals surface area contributed by atoms with E-state index in [4.69, 9.17) is 9.84 Å². The first kappa shape index (κ1) is 10.7. The second-order valence-corrected chi connectivity index (χ2v) is 2.87. The summed E-state index contributed by atoms with van der Waals surface area (Å²) in [6.07, 6.45) is 2.38. The molecule has 1 aromatic heterocycles. The molecular formula is C10H13NO3. The van der Waals surface area contributed by atoms with E-state index in [1.165, 1.54) is 6.20 Å². The van der Waals surface area contributed by atoms with Crippen LogP contribution in [-0.4, -0.2) is 22.7 Å². The highest BCUT2D eigenvalue weighted by molar-refractivity contribution is 5.86. The fraction of sp³-hybridized carbons (Fsp3) is 0.400. The minimum atomic E-state index is -1.01. The van der Waals surface area contributed by atoms with Crippen LogP contribution in [-0.2, 0) is 11.3 Å². The van der Waals surface area contributed by atoms with E-state index in [1.807, 2.05) is 6.92 Å². The maximum atomic E-state index is 10.7. The van der Waals surface area contributed by atoms with Gasteiger partial charge in [-0.3, -0.25) is 0 Å². The number of hydrogen-bond acceptors (Lipinski definition) is 3. The zero-order chi connectivity index (χ0) is 10.4. The van der Waals surface area contributed by atoms with Gasteiger partial charge in [0.2, 0.25) is 0 Å². The van der Waals surface area contributed by atoms with Crippen molar-refractivity contribution >= 4 is 5.97 Å². The molecular weight excluding hydrogens is 182 g/mol. The molecule has 1 heterocycles. The molecule has 0 spiro atoms. The number of carboxylic acid groups (broad SMARTS) is 1. The Kier molecular flexibility index (Phi) is 4.07. The van der Waals surface area contributed by atoms with Crippen LogP contribution < -0.4 is 0 Å². The Morgan fingerprint density at radius 2 is 2.43 bits per heavy atom. The number of aromatic nitrogens is 1. The normalized spacial score (nSPS) is 10.1. The first-order chi connectivity index (χ1) is 6.75. The van der Waals surface area contributed by atoms with Gasteiger partial charge in [0.1, 0.15) is 0 Å². The predicted octanol–water partition coefficient (Wildman–Crippen LogP) is 1.71. The number of carboxylic acids is 1. The summed E-state index contributed by atoms with van der Waals surface area (Å²) in [6, 6.07) is 3.42. The lowest BCUT2D eigenvalue weighted by molar-refractivity contribution is 0.0680. The number of carbonyl (C=O) groups is 1. The molecule has 1 rings (SSSR count). The Hall–Kier alpha value is -1.42. The van der Waals surface area contributed by atoms with Crippen LogP contribution in [0, 0.1) is 0 Å². The molecule has 0 aliphatic rings. The summed E-state index contributed by atoms with van der Waals surface area (Å²) in [5.74, 6) is -1.01. The van der Waals surface area contributed by atoms with E-state index in [9.17, 15) is 4.79 Å². The van der Waals surface area contributed by atoms with Gasteiger partial charge < -0.3 is 9.84 Å². The lowest BCUT2D eigenvalue weighted by Gasteiger charge is -2.04. The number of nitrogens with zero attached hydrogens (tertiary/aromatic N) is 1. The third-order valence-corrected chi connectivity index (χ3v) is 1.70. The smallest absolute Gasteiger partial charge is 0.354 e. The number of hydrogen-bond donors (Lipinski definition) is 1. The van der Waals surface area contributed by atoms with Crippen molar-refractivity contribution in [2.24, 2.45) is 0 Å². The molecule has 0 saturated carbocycles. The Morgan fingerprint density at radius 1 is 1.64 bits per heavy atom. The highest BCUT2D eigenvalue weighted by Crippen LogP contribution is 2.06. The summed E-state index contributed by atoms with van der Waals surface area (Å²) < 4.78 is 5.26. The Bertz CT molecular complexity index is 312. The minimum absolute atomic E-state index is 0.0728. The van der Waals surface area contributed by atoms with E-state index in [0.29, 0.717) is 18.8 Å². The van der Waals surface area contributed by atoms with E-state index >= 15 is 0 Å². The van der Waals surface area contributed by atoms with E-state index in [0.717, 1.165) is 6.42 Å². The summed E-state index contributed by atoms with van der Waals surface area (Å²) in [6.45, 7) is 2.94. The largest absolute Gasteiger partial charge is 0.477 e. The molecule has 76 valence electrons. The average Bonchev–Trinajstić information content (AvgIpc) is 2.19. The van der Waals surface area contributed by atoms with Gasteiger partial charge in [0.15, 0.2) is 5.69 Å². The van der Waals surface area contributed by atoms with Crippen LogP contribution in [0.4, 0.5) is 0 Å². The Morgan fingerprint density at radius 3 is 3.07 bits per heavy atom.